The van der Waals surface area contributed by atoms with Gasteiger partial charge in [0.1, 0.15) is 6.04 Å². The molecule has 0 unspecified atom stereocenters. The summed E-state index contributed by atoms with van der Waals surface area (Å²) in [6, 6.07) is 20.2. The predicted molar refractivity (Wildman–Crippen MR) is 153 cm³/mol. The number of alkyl halides is 2. The largest absolute Gasteiger partial charge is 0.361 e. The Labute approximate surface area is 244 Å². The van der Waals surface area contributed by atoms with E-state index >= 15 is 0 Å². The molecule has 2 atom stereocenters. The molecule has 6 rings (SSSR count). The molecule has 0 spiro atoms. The highest BCUT2D eigenvalue weighted by Crippen LogP contribution is 2.39. The van der Waals surface area contributed by atoms with Crippen molar-refractivity contribution in [2.75, 3.05) is 13.1 Å². The van der Waals surface area contributed by atoms with Crippen LogP contribution in [0.25, 0.3) is 10.9 Å². The Bertz CT molecular complexity index is 1660. The third kappa shape index (κ3) is 6.02. The number of rotatable bonds is 8. The molecule has 3 aromatic carbocycles. The average molecular weight is 591 g/mol. The van der Waals surface area contributed by atoms with Gasteiger partial charge in [-0.25, -0.2) is 0 Å². The molecule has 8 nitrogen and oxygen atoms in total. The number of nitrogens with zero attached hydrogens (tertiary/aromatic N) is 1. The predicted octanol–water partition coefficient (Wildman–Crippen LogP) is 4.48. The summed E-state index contributed by atoms with van der Waals surface area (Å²) in [5.41, 5.74) is 4.38. The van der Waals surface area contributed by atoms with Gasteiger partial charge in [-0.3, -0.25) is 14.4 Å². The fourth-order valence-corrected chi connectivity index (χ4v) is 6.52. The zero-order valence-electron chi connectivity index (χ0n) is 22.4. The van der Waals surface area contributed by atoms with E-state index in [4.69, 9.17) is 0 Å². The SMILES string of the molecule is O=C(NCC(=O)N1C[C@H](OC(F)F)C[C@H]1C(=O)NCc1ccc2cc[nH]c2c1)c1ccc2c(c1)Cc1ccccc1S2. The van der Waals surface area contributed by atoms with E-state index in [1.807, 2.05) is 54.7 Å². The van der Waals surface area contributed by atoms with E-state index in [9.17, 15) is 23.2 Å². The molecule has 216 valence electrons. The van der Waals surface area contributed by atoms with Gasteiger partial charge in [0.25, 0.3) is 5.91 Å². The summed E-state index contributed by atoms with van der Waals surface area (Å²) >= 11 is 1.65. The molecule has 0 radical (unpaired) electrons. The van der Waals surface area contributed by atoms with Gasteiger partial charge in [0, 0.05) is 46.6 Å². The van der Waals surface area contributed by atoms with Crippen molar-refractivity contribution in [1.29, 1.82) is 0 Å². The lowest BCUT2D eigenvalue weighted by atomic mass is 10.0. The highest BCUT2D eigenvalue weighted by molar-refractivity contribution is 7.99. The van der Waals surface area contributed by atoms with Gasteiger partial charge in [-0.2, -0.15) is 8.78 Å². The van der Waals surface area contributed by atoms with Gasteiger partial charge >= 0.3 is 6.61 Å². The first-order valence-electron chi connectivity index (χ1n) is 13.6. The van der Waals surface area contributed by atoms with Crippen LogP contribution in [0.15, 0.2) is 82.7 Å². The topological polar surface area (TPSA) is 104 Å². The number of aromatic nitrogens is 1. The van der Waals surface area contributed by atoms with Crippen molar-refractivity contribution in [3.63, 3.8) is 0 Å². The van der Waals surface area contributed by atoms with Crippen LogP contribution in [0.3, 0.4) is 0 Å². The van der Waals surface area contributed by atoms with Crippen molar-refractivity contribution >= 4 is 40.4 Å². The van der Waals surface area contributed by atoms with Crippen LogP contribution in [0.4, 0.5) is 8.78 Å². The van der Waals surface area contributed by atoms with Crippen LogP contribution < -0.4 is 10.6 Å². The second-order valence-electron chi connectivity index (χ2n) is 10.3. The van der Waals surface area contributed by atoms with Gasteiger partial charge in [-0.1, -0.05) is 42.1 Å². The number of H-pyrrole nitrogens is 1. The molecule has 3 amide bonds. The van der Waals surface area contributed by atoms with E-state index in [2.05, 4.69) is 32.5 Å². The van der Waals surface area contributed by atoms with Crippen LogP contribution in [-0.4, -0.2) is 59.5 Å². The smallest absolute Gasteiger partial charge is 0.345 e. The third-order valence-corrected chi connectivity index (χ3v) is 8.80. The molecule has 2 aliphatic rings. The molecule has 3 N–H and O–H groups in total. The third-order valence-electron chi connectivity index (χ3n) is 7.56. The molecule has 2 aliphatic heterocycles. The normalized spacial score (nSPS) is 17.6. The molecular formula is C31H28F2N4O4S. The van der Waals surface area contributed by atoms with Gasteiger partial charge in [0.2, 0.25) is 11.8 Å². The summed E-state index contributed by atoms with van der Waals surface area (Å²) < 4.78 is 30.6. The van der Waals surface area contributed by atoms with Crippen LogP contribution in [0.5, 0.6) is 0 Å². The molecular weight excluding hydrogens is 562 g/mol. The number of aromatic amines is 1. The Balaban J connectivity index is 1.09. The molecule has 1 aromatic heterocycles. The van der Waals surface area contributed by atoms with Crippen LogP contribution in [0.1, 0.15) is 33.5 Å². The van der Waals surface area contributed by atoms with Crippen LogP contribution in [-0.2, 0) is 27.3 Å². The number of benzene rings is 3. The minimum Gasteiger partial charge on any atom is -0.361 e. The fourth-order valence-electron chi connectivity index (χ4n) is 5.47. The maximum Gasteiger partial charge on any atom is 0.345 e. The average Bonchev–Trinajstić information content (AvgIpc) is 3.63. The van der Waals surface area contributed by atoms with Crippen molar-refractivity contribution in [3.05, 3.63) is 95.2 Å². The minimum absolute atomic E-state index is 0.0739. The summed E-state index contributed by atoms with van der Waals surface area (Å²) in [6.07, 6.45) is 1.45. The minimum atomic E-state index is -3.03. The van der Waals surface area contributed by atoms with E-state index in [0.717, 1.165) is 26.9 Å². The Morgan fingerprint density at radius 2 is 1.83 bits per heavy atom. The maximum absolute atomic E-state index is 13.2. The lowest BCUT2D eigenvalue weighted by molar-refractivity contribution is -0.160. The number of carbonyl (C=O) groups is 3. The zero-order valence-corrected chi connectivity index (χ0v) is 23.3. The summed E-state index contributed by atoms with van der Waals surface area (Å²) in [6.45, 7) is -3.40. The molecule has 0 saturated carbocycles. The van der Waals surface area contributed by atoms with Gasteiger partial charge in [0.05, 0.1) is 12.6 Å². The highest BCUT2D eigenvalue weighted by atomic mass is 32.2. The summed E-state index contributed by atoms with van der Waals surface area (Å²) in [4.78, 5) is 45.8. The Kier molecular flexibility index (Phi) is 7.94. The quantitative estimate of drug-likeness (QED) is 0.247. The second kappa shape index (κ2) is 11.9. The first-order chi connectivity index (χ1) is 20.3. The van der Waals surface area contributed by atoms with Crippen LogP contribution >= 0.6 is 11.8 Å². The van der Waals surface area contributed by atoms with Gasteiger partial charge in [0.15, 0.2) is 0 Å². The number of likely N-dealkylation sites (tertiary alicyclic amines) is 1. The standard InChI is InChI=1S/C31H28F2N4O4S/c32-31(33)41-23-14-25(30(40)35-15-18-5-6-19-9-10-34-24(19)11-18)37(17-23)28(38)16-36-29(39)21-7-8-27-22(13-21)12-20-3-1-2-4-26(20)42-27/h1-11,13,23,25,31,34H,12,14-17H2,(H,35,40)(H,36,39)/t23-,25+/m1/s1. The van der Waals surface area contributed by atoms with Crippen LogP contribution in [0.2, 0.25) is 0 Å². The maximum atomic E-state index is 13.2. The number of fused-ring (bicyclic) bond motifs is 3. The first-order valence-corrected chi connectivity index (χ1v) is 14.4. The van der Waals surface area contributed by atoms with E-state index in [1.54, 1.807) is 17.8 Å². The monoisotopic (exact) mass is 590 g/mol. The lowest BCUT2D eigenvalue weighted by Crippen LogP contribution is -2.48. The van der Waals surface area contributed by atoms with Gasteiger partial charge in [-0.05, 0) is 64.9 Å². The molecule has 42 heavy (non-hydrogen) atoms. The van der Waals surface area contributed by atoms with Crippen molar-refractivity contribution in [2.45, 2.75) is 47.9 Å². The van der Waals surface area contributed by atoms with Crippen molar-refractivity contribution in [2.24, 2.45) is 0 Å². The molecule has 0 bridgehead atoms. The van der Waals surface area contributed by atoms with Crippen molar-refractivity contribution < 1.29 is 27.9 Å². The van der Waals surface area contributed by atoms with E-state index in [-0.39, 0.29) is 26.1 Å². The Morgan fingerprint density at radius 3 is 2.69 bits per heavy atom. The lowest BCUT2D eigenvalue weighted by Gasteiger charge is -2.24. The first kappa shape index (κ1) is 27.9. The fraction of sp³-hybridized carbons (Fsp3) is 0.258. The molecule has 4 aromatic rings. The Morgan fingerprint density at radius 1 is 1.00 bits per heavy atom. The molecule has 11 heteroatoms. The van der Waals surface area contributed by atoms with Gasteiger partial charge < -0.3 is 25.3 Å². The number of hydrogen-bond donors (Lipinski definition) is 3. The molecule has 0 aliphatic carbocycles. The number of ether oxygens (including phenoxy) is 1. The number of amides is 3. The number of carbonyl (C=O) groups excluding carboxylic acids is 3. The van der Waals surface area contributed by atoms with Crippen molar-refractivity contribution in [3.8, 4) is 0 Å². The summed E-state index contributed by atoms with van der Waals surface area (Å²) in [5.74, 6) is -1.47. The molecule has 3 heterocycles. The Hall–Kier alpha value is -4.22. The number of halogens is 2. The van der Waals surface area contributed by atoms with E-state index < -0.39 is 36.5 Å². The number of hydrogen-bond acceptors (Lipinski definition) is 5. The molecule has 1 fully saturated rings. The van der Waals surface area contributed by atoms with E-state index in [1.165, 1.54) is 15.4 Å². The summed E-state index contributed by atoms with van der Waals surface area (Å²) in [7, 11) is 0. The molecule has 1 saturated heterocycles. The van der Waals surface area contributed by atoms with E-state index in [0.29, 0.717) is 12.0 Å². The second-order valence-corrected chi connectivity index (χ2v) is 11.4. The number of nitrogens with one attached hydrogen (secondary N) is 3. The highest BCUT2D eigenvalue weighted by Gasteiger charge is 2.41. The van der Waals surface area contributed by atoms with Gasteiger partial charge in [-0.15, -0.1) is 0 Å². The zero-order chi connectivity index (χ0) is 29.2. The summed E-state index contributed by atoms with van der Waals surface area (Å²) in [5, 5.41) is 6.47. The van der Waals surface area contributed by atoms with Crippen molar-refractivity contribution in [1.82, 2.24) is 20.5 Å². The van der Waals surface area contributed by atoms with Crippen LogP contribution in [0, 0.1) is 0 Å².